The predicted octanol–water partition coefficient (Wildman–Crippen LogP) is 5.39. The molecule has 34 heavy (non-hydrogen) atoms. The van der Waals surface area contributed by atoms with Crippen molar-refractivity contribution in [2.75, 3.05) is 0 Å². The van der Waals surface area contributed by atoms with Gasteiger partial charge in [0.25, 0.3) is 0 Å². The van der Waals surface area contributed by atoms with Gasteiger partial charge in [-0.2, -0.15) is 0 Å². The van der Waals surface area contributed by atoms with Crippen LogP contribution in [-0.2, 0) is 0 Å². The molecular formula is C28H22O6. The number of rotatable bonds is 3. The van der Waals surface area contributed by atoms with Crippen LogP contribution in [-0.4, -0.2) is 30.6 Å². The summed E-state index contributed by atoms with van der Waals surface area (Å²) in [7, 11) is 0. The van der Waals surface area contributed by atoms with Gasteiger partial charge in [-0.15, -0.1) is 0 Å². The van der Waals surface area contributed by atoms with E-state index in [1.807, 2.05) is 6.08 Å². The molecule has 5 rings (SSSR count). The van der Waals surface area contributed by atoms with Crippen LogP contribution in [0.3, 0.4) is 0 Å². The Balaban J connectivity index is 1.82. The molecule has 1 aliphatic rings. The number of phenolic OH excluding ortho intramolecular Hbond substituents is 6. The van der Waals surface area contributed by atoms with E-state index in [9.17, 15) is 30.6 Å². The highest BCUT2D eigenvalue weighted by Gasteiger charge is 2.41. The summed E-state index contributed by atoms with van der Waals surface area (Å²) < 4.78 is 0. The second-order valence-corrected chi connectivity index (χ2v) is 8.45. The summed E-state index contributed by atoms with van der Waals surface area (Å²) in [6, 6.07) is 20.5. The highest BCUT2D eigenvalue weighted by atomic mass is 16.3. The number of hydrogen-bond donors (Lipinski definition) is 6. The quantitative estimate of drug-likeness (QED) is 0.247. The average Bonchev–Trinajstić information content (AvgIpc) is 3.09. The molecule has 0 radical (unpaired) electrons. The zero-order valence-corrected chi connectivity index (χ0v) is 17.9. The van der Waals surface area contributed by atoms with E-state index in [0.717, 1.165) is 16.7 Å². The van der Waals surface area contributed by atoms with Gasteiger partial charge in [-0.1, -0.05) is 30.3 Å². The summed E-state index contributed by atoms with van der Waals surface area (Å²) in [6.45, 7) is 0. The van der Waals surface area contributed by atoms with Gasteiger partial charge in [-0.05, 0) is 70.3 Å². The Labute approximate surface area is 195 Å². The molecule has 4 aromatic rings. The second kappa shape index (κ2) is 8.08. The van der Waals surface area contributed by atoms with Gasteiger partial charge in [-0.3, -0.25) is 0 Å². The van der Waals surface area contributed by atoms with E-state index in [1.54, 1.807) is 54.6 Å². The molecule has 6 nitrogen and oxygen atoms in total. The Bertz CT molecular complexity index is 1380. The predicted molar refractivity (Wildman–Crippen MR) is 128 cm³/mol. The lowest BCUT2D eigenvalue weighted by atomic mass is 9.79. The van der Waals surface area contributed by atoms with E-state index in [4.69, 9.17) is 0 Å². The first-order chi connectivity index (χ1) is 16.3. The Morgan fingerprint density at radius 3 is 1.68 bits per heavy atom. The fourth-order valence-electron chi connectivity index (χ4n) is 4.83. The molecular weight excluding hydrogens is 432 g/mol. The molecule has 0 aromatic heterocycles. The molecule has 4 aromatic carbocycles. The van der Waals surface area contributed by atoms with Gasteiger partial charge in [0.15, 0.2) is 0 Å². The van der Waals surface area contributed by atoms with Crippen molar-refractivity contribution in [1.82, 2.24) is 0 Å². The van der Waals surface area contributed by atoms with Gasteiger partial charge in [0.05, 0.1) is 0 Å². The molecule has 0 heterocycles. The van der Waals surface area contributed by atoms with Crippen LogP contribution >= 0.6 is 0 Å². The lowest BCUT2D eigenvalue weighted by molar-refractivity contribution is 0.440. The highest BCUT2D eigenvalue weighted by Crippen LogP contribution is 2.58. The highest BCUT2D eigenvalue weighted by molar-refractivity contribution is 5.93. The Kier molecular flexibility index (Phi) is 5.06. The third-order valence-corrected chi connectivity index (χ3v) is 6.18. The molecule has 0 aliphatic heterocycles. The summed E-state index contributed by atoms with van der Waals surface area (Å²) in [5.41, 5.74) is 4.15. The number of hydrogen-bond acceptors (Lipinski definition) is 6. The first kappa shape index (κ1) is 21.3. The molecule has 0 bridgehead atoms. The number of fused-ring (bicyclic) bond motifs is 1. The average molecular weight is 454 g/mol. The van der Waals surface area contributed by atoms with Crippen molar-refractivity contribution in [2.24, 2.45) is 0 Å². The van der Waals surface area contributed by atoms with Crippen LogP contribution in [0.2, 0.25) is 0 Å². The van der Waals surface area contributed by atoms with E-state index in [-0.39, 0.29) is 34.5 Å². The van der Waals surface area contributed by atoms with E-state index < -0.39 is 11.8 Å². The number of benzene rings is 4. The normalized spacial score (nSPS) is 18.2. The third-order valence-electron chi connectivity index (χ3n) is 6.18. The maximum atomic E-state index is 10.9. The van der Waals surface area contributed by atoms with Gasteiger partial charge < -0.3 is 30.6 Å². The van der Waals surface area contributed by atoms with Crippen molar-refractivity contribution in [1.29, 1.82) is 0 Å². The molecule has 0 fully saturated rings. The first-order valence-electron chi connectivity index (χ1n) is 10.7. The lowest BCUT2D eigenvalue weighted by Crippen LogP contribution is -2.08. The van der Waals surface area contributed by atoms with Crippen LogP contribution in [0.25, 0.3) is 11.6 Å². The maximum Gasteiger partial charge on any atom is 0.123 e. The minimum Gasteiger partial charge on any atom is -0.508 e. The van der Waals surface area contributed by atoms with Crippen molar-refractivity contribution < 1.29 is 30.6 Å². The topological polar surface area (TPSA) is 121 Å². The van der Waals surface area contributed by atoms with Gasteiger partial charge in [0.1, 0.15) is 34.5 Å². The Morgan fingerprint density at radius 2 is 1.06 bits per heavy atom. The van der Waals surface area contributed by atoms with Crippen LogP contribution in [0.4, 0.5) is 0 Å². The monoisotopic (exact) mass is 454 g/mol. The van der Waals surface area contributed by atoms with Crippen molar-refractivity contribution in [3.63, 3.8) is 0 Å². The van der Waals surface area contributed by atoms with E-state index in [0.29, 0.717) is 16.7 Å². The van der Waals surface area contributed by atoms with Gasteiger partial charge >= 0.3 is 0 Å². The molecule has 0 amide bonds. The first-order valence-corrected chi connectivity index (χ1v) is 10.7. The van der Waals surface area contributed by atoms with Crippen LogP contribution < -0.4 is 0 Å². The molecule has 6 heteroatoms. The molecule has 2 atom stereocenters. The molecule has 1 aliphatic carbocycles. The van der Waals surface area contributed by atoms with Gasteiger partial charge in [-0.25, -0.2) is 0 Å². The molecule has 6 N–H and O–H groups in total. The zero-order chi connectivity index (χ0) is 24.0. The van der Waals surface area contributed by atoms with E-state index in [1.165, 1.54) is 24.3 Å². The van der Waals surface area contributed by atoms with Gasteiger partial charge in [0, 0.05) is 29.5 Å². The summed E-state index contributed by atoms with van der Waals surface area (Å²) >= 11 is 0. The fourth-order valence-corrected chi connectivity index (χ4v) is 4.83. The maximum absolute atomic E-state index is 10.9. The van der Waals surface area contributed by atoms with Crippen LogP contribution in [0, 0.1) is 0 Å². The number of aromatic hydroxyl groups is 6. The van der Waals surface area contributed by atoms with Crippen molar-refractivity contribution >= 4 is 11.6 Å². The van der Waals surface area contributed by atoms with Crippen LogP contribution in [0.5, 0.6) is 34.5 Å². The second-order valence-electron chi connectivity index (χ2n) is 8.45. The van der Waals surface area contributed by atoms with Crippen molar-refractivity contribution in [3.8, 4) is 34.5 Å². The van der Waals surface area contributed by atoms with Crippen LogP contribution in [0.15, 0.2) is 78.9 Å². The van der Waals surface area contributed by atoms with Crippen LogP contribution in [0.1, 0.15) is 39.7 Å². The molecule has 170 valence electrons. The molecule has 0 unspecified atom stereocenters. The Morgan fingerprint density at radius 1 is 0.500 bits per heavy atom. The van der Waals surface area contributed by atoms with E-state index in [2.05, 4.69) is 0 Å². The minimum absolute atomic E-state index is 0.100. The Hall–Kier alpha value is -4.58. The standard InChI is InChI=1S/C28H22O6/c29-18-5-1-15(2-6-18)9-23-24-13-22(33)14-25(34)28(24)27(17-10-20(31)12-21(32)11-17)26(23)16-3-7-19(30)8-4-16/h1-14,26-27,29-34H/t26-,27+/m1/s1. The molecule has 0 saturated carbocycles. The minimum atomic E-state index is -0.512. The summed E-state index contributed by atoms with van der Waals surface area (Å²) in [4.78, 5) is 0. The van der Waals surface area contributed by atoms with Crippen molar-refractivity contribution in [2.45, 2.75) is 11.8 Å². The molecule has 0 spiro atoms. The zero-order valence-electron chi connectivity index (χ0n) is 17.9. The van der Waals surface area contributed by atoms with Crippen molar-refractivity contribution in [3.05, 3.63) is 107 Å². The summed E-state index contributed by atoms with van der Waals surface area (Å²) in [5, 5.41) is 61.2. The SMILES string of the molecule is Oc1ccc(C=C2c3cc(O)cc(O)c3[C@@H](c3cc(O)cc(O)c3)[C@@H]2c2ccc(O)cc2)cc1. The lowest BCUT2D eigenvalue weighted by Gasteiger charge is -2.23. The van der Waals surface area contributed by atoms with Gasteiger partial charge in [0.2, 0.25) is 0 Å². The summed E-state index contributed by atoms with van der Waals surface area (Å²) in [6.07, 6.45) is 1.91. The number of allylic oxidation sites excluding steroid dienone is 1. The molecule has 0 saturated heterocycles. The largest absolute Gasteiger partial charge is 0.508 e. The third kappa shape index (κ3) is 3.75. The fraction of sp³-hybridized carbons (Fsp3) is 0.0714. The smallest absolute Gasteiger partial charge is 0.123 e. The number of phenols is 6. The van der Waals surface area contributed by atoms with E-state index >= 15 is 0 Å². The summed E-state index contributed by atoms with van der Waals surface area (Å²) in [5.74, 6) is -1.11.